The molecule has 174 valence electrons. The fourth-order valence-corrected chi connectivity index (χ4v) is 3.22. The molecule has 0 radical (unpaired) electrons. The Kier molecular flexibility index (Phi) is 13.0. The minimum atomic E-state index is -0.295. The topological polar surface area (TPSA) is 60.2 Å². The molecule has 0 aliphatic heterocycles. The summed E-state index contributed by atoms with van der Waals surface area (Å²) in [7, 11) is 0. The van der Waals surface area contributed by atoms with Crippen molar-refractivity contribution in [2.75, 3.05) is 13.2 Å². The van der Waals surface area contributed by atoms with Gasteiger partial charge in [0.2, 0.25) is 0 Å². The van der Waals surface area contributed by atoms with E-state index in [2.05, 4.69) is 36.2 Å². The molecule has 2 aromatic carbocycles. The summed E-state index contributed by atoms with van der Waals surface area (Å²) in [5, 5.41) is 8.58. The summed E-state index contributed by atoms with van der Waals surface area (Å²) in [5.74, 6) is 0.207. The van der Waals surface area contributed by atoms with Crippen LogP contribution in [0.25, 0.3) is 0 Å². The Hall–Kier alpha value is -2.53. The number of hydrogen-bond donors (Lipinski definition) is 0. The van der Waals surface area contributed by atoms with Gasteiger partial charge >= 0.3 is 5.97 Å². The SMILES string of the molecule is CCCCCCCCc1ccc(/N=N/c2ccc(OC(=O)CCOCCCC)cc2)cc1. The van der Waals surface area contributed by atoms with Crippen LogP contribution in [0.15, 0.2) is 58.8 Å². The number of carbonyl (C=O) groups excluding carboxylic acids is 1. The first-order valence-electron chi connectivity index (χ1n) is 12.1. The largest absolute Gasteiger partial charge is 0.426 e. The van der Waals surface area contributed by atoms with Crippen molar-refractivity contribution in [1.82, 2.24) is 0 Å². The quantitative estimate of drug-likeness (QED) is 0.115. The van der Waals surface area contributed by atoms with Crippen LogP contribution < -0.4 is 4.74 Å². The second kappa shape index (κ2) is 16.2. The van der Waals surface area contributed by atoms with E-state index in [0.717, 1.165) is 24.9 Å². The van der Waals surface area contributed by atoms with E-state index >= 15 is 0 Å². The van der Waals surface area contributed by atoms with Crippen molar-refractivity contribution in [3.05, 3.63) is 54.1 Å². The van der Waals surface area contributed by atoms with Gasteiger partial charge in [0.1, 0.15) is 5.75 Å². The molecule has 2 aromatic rings. The minimum absolute atomic E-state index is 0.250. The Bertz CT molecular complexity index is 786. The van der Waals surface area contributed by atoms with E-state index in [1.54, 1.807) is 24.3 Å². The van der Waals surface area contributed by atoms with Crippen LogP contribution >= 0.6 is 0 Å². The van der Waals surface area contributed by atoms with Crippen LogP contribution in [0, 0.1) is 0 Å². The standard InChI is InChI=1S/C27H38N2O3/c1-3-5-7-8-9-10-11-23-12-14-24(15-13-23)28-29-25-16-18-26(19-17-25)32-27(30)20-22-31-21-6-4-2/h12-19H,3-11,20-22H2,1-2H3/b29-28+. The molecule has 0 saturated carbocycles. The molecule has 2 rings (SSSR count). The van der Waals surface area contributed by atoms with Gasteiger partial charge in [0.15, 0.2) is 0 Å². The van der Waals surface area contributed by atoms with Gasteiger partial charge in [0.05, 0.1) is 24.4 Å². The molecule has 0 aromatic heterocycles. The highest BCUT2D eigenvalue weighted by molar-refractivity contribution is 5.72. The molecule has 0 aliphatic rings. The number of benzene rings is 2. The number of unbranched alkanes of at least 4 members (excludes halogenated alkanes) is 6. The van der Waals surface area contributed by atoms with E-state index in [4.69, 9.17) is 9.47 Å². The molecule has 0 aliphatic carbocycles. The predicted octanol–water partition coefficient (Wildman–Crippen LogP) is 8.12. The molecule has 0 amide bonds. The molecule has 0 N–H and O–H groups in total. The first-order valence-corrected chi connectivity index (χ1v) is 12.1. The molecule has 0 saturated heterocycles. The molecule has 0 spiro atoms. The van der Waals surface area contributed by atoms with E-state index in [1.807, 2.05) is 12.1 Å². The molecule has 0 fully saturated rings. The minimum Gasteiger partial charge on any atom is -0.426 e. The second-order valence-corrected chi connectivity index (χ2v) is 8.07. The van der Waals surface area contributed by atoms with E-state index in [1.165, 1.54) is 44.1 Å². The van der Waals surface area contributed by atoms with E-state index in [-0.39, 0.29) is 12.4 Å². The molecule has 0 heterocycles. The summed E-state index contributed by atoms with van der Waals surface area (Å²) in [6, 6.07) is 15.3. The lowest BCUT2D eigenvalue weighted by molar-refractivity contribution is -0.135. The maximum Gasteiger partial charge on any atom is 0.313 e. The van der Waals surface area contributed by atoms with Gasteiger partial charge in [-0.25, -0.2) is 0 Å². The first kappa shape index (κ1) is 25.7. The molecule has 5 nitrogen and oxygen atoms in total. The van der Waals surface area contributed by atoms with Gasteiger partial charge in [-0.15, -0.1) is 0 Å². The second-order valence-electron chi connectivity index (χ2n) is 8.07. The van der Waals surface area contributed by atoms with Gasteiger partial charge in [-0.2, -0.15) is 10.2 Å². The lowest BCUT2D eigenvalue weighted by Gasteiger charge is -2.05. The van der Waals surface area contributed by atoms with Crippen molar-refractivity contribution in [2.24, 2.45) is 10.2 Å². The highest BCUT2D eigenvalue weighted by Gasteiger charge is 2.05. The van der Waals surface area contributed by atoms with Gasteiger partial charge in [-0.1, -0.05) is 64.5 Å². The third-order valence-corrected chi connectivity index (χ3v) is 5.20. The van der Waals surface area contributed by atoms with Crippen molar-refractivity contribution >= 4 is 17.3 Å². The fourth-order valence-electron chi connectivity index (χ4n) is 3.22. The maximum absolute atomic E-state index is 11.8. The number of nitrogens with zero attached hydrogens (tertiary/aromatic N) is 2. The fraction of sp³-hybridized carbons (Fsp3) is 0.519. The summed E-state index contributed by atoms with van der Waals surface area (Å²) in [4.78, 5) is 11.8. The Labute approximate surface area is 193 Å². The maximum atomic E-state index is 11.8. The number of rotatable bonds is 16. The van der Waals surface area contributed by atoms with Gasteiger partial charge in [-0.3, -0.25) is 4.79 Å². The first-order chi connectivity index (χ1) is 15.7. The van der Waals surface area contributed by atoms with Crippen molar-refractivity contribution in [1.29, 1.82) is 0 Å². The molecule has 0 atom stereocenters. The van der Waals surface area contributed by atoms with Crippen LogP contribution in [0.5, 0.6) is 5.75 Å². The van der Waals surface area contributed by atoms with E-state index in [0.29, 0.717) is 24.7 Å². The number of aryl methyl sites for hydroxylation is 1. The van der Waals surface area contributed by atoms with Gasteiger partial charge in [-0.05, 0) is 61.2 Å². The summed E-state index contributed by atoms with van der Waals surface area (Å²) in [6.45, 7) is 5.43. The van der Waals surface area contributed by atoms with E-state index < -0.39 is 0 Å². The average Bonchev–Trinajstić information content (AvgIpc) is 2.81. The zero-order valence-corrected chi connectivity index (χ0v) is 19.7. The Morgan fingerprint density at radius 3 is 1.97 bits per heavy atom. The Balaban J connectivity index is 1.71. The number of esters is 1. The van der Waals surface area contributed by atoms with Crippen LogP contribution in [0.2, 0.25) is 0 Å². The smallest absolute Gasteiger partial charge is 0.313 e. The van der Waals surface area contributed by atoms with Gasteiger partial charge in [0, 0.05) is 6.61 Å². The number of carbonyl (C=O) groups is 1. The van der Waals surface area contributed by atoms with Crippen LogP contribution in [0.1, 0.15) is 77.2 Å². The molecular weight excluding hydrogens is 400 g/mol. The number of hydrogen-bond acceptors (Lipinski definition) is 5. The molecule has 0 unspecified atom stereocenters. The number of ether oxygens (including phenoxy) is 2. The highest BCUT2D eigenvalue weighted by atomic mass is 16.5. The van der Waals surface area contributed by atoms with Crippen LogP contribution in [-0.2, 0) is 16.0 Å². The van der Waals surface area contributed by atoms with Gasteiger partial charge < -0.3 is 9.47 Å². The zero-order valence-electron chi connectivity index (χ0n) is 19.7. The zero-order chi connectivity index (χ0) is 22.9. The van der Waals surface area contributed by atoms with Crippen molar-refractivity contribution in [2.45, 2.75) is 78.1 Å². The number of azo groups is 1. The summed E-state index contributed by atoms with van der Waals surface area (Å²) in [6.07, 6.45) is 11.3. The lowest BCUT2D eigenvalue weighted by atomic mass is 10.0. The Morgan fingerprint density at radius 1 is 0.719 bits per heavy atom. The molecule has 32 heavy (non-hydrogen) atoms. The van der Waals surface area contributed by atoms with Crippen molar-refractivity contribution in [3.8, 4) is 5.75 Å². The Morgan fingerprint density at radius 2 is 1.31 bits per heavy atom. The normalized spacial score (nSPS) is 11.2. The third kappa shape index (κ3) is 11.2. The highest BCUT2D eigenvalue weighted by Crippen LogP contribution is 2.22. The van der Waals surface area contributed by atoms with E-state index in [9.17, 15) is 4.79 Å². The summed E-state index contributed by atoms with van der Waals surface area (Å²) < 4.78 is 10.7. The third-order valence-electron chi connectivity index (χ3n) is 5.20. The monoisotopic (exact) mass is 438 g/mol. The molecule has 0 bridgehead atoms. The van der Waals surface area contributed by atoms with Gasteiger partial charge in [0.25, 0.3) is 0 Å². The molecule has 5 heteroatoms. The summed E-state index contributed by atoms with van der Waals surface area (Å²) >= 11 is 0. The van der Waals surface area contributed by atoms with Crippen LogP contribution in [-0.4, -0.2) is 19.2 Å². The van der Waals surface area contributed by atoms with Crippen LogP contribution in [0.4, 0.5) is 11.4 Å². The average molecular weight is 439 g/mol. The summed E-state index contributed by atoms with van der Waals surface area (Å²) in [5.41, 5.74) is 2.89. The molecular formula is C27H38N2O3. The lowest BCUT2D eigenvalue weighted by Crippen LogP contribution is -2.11. The predicted molar refractivity (Wildman–Crippen MR) is 130 cm³/mol. The van der Waals surface area contributed by atoms with Crippen molar-refractivity contribution < 1.29 is 14.3 Å². The van der Waals surface area contributed by atoms with Crippen molar-refractivity contribution in [3.63, 3.8) is 0 Å². The van der Waals surface area contributed by atoms with Crippen LogP contribution in [0.3, 0.4) is 0 Å².